The number of amides is 2. The van der Waals surface area contributed by atoms with E-state index in [9.17, 15) is 9.59 Å². The Hall–Kier alpha value is -1.89. The Morgan fingerprint density at radius 3 is 2.25 bits per heavy atom. The van der Waals surface area contributed by atoms with Crippen LogP contribution in [0.1, 0.15) is 48.8 Å². The van der Waals surface area contributed by atoms with Crippen molar-refractivity contribution >= 4 is 70.0 Å². The van der Waals surface area contributed by atoms with Crippen LogP contribution in [0.2, 0.25) is 20.1 Å². The van der Waals surface area contributed by atoms with Crippen molar-refractivity contribution in [3.63, 3.8) is 0 Å². The second-order valence-electron chi connectivity index (χ2n) is 10.00. The summed E-state index contributed by atoms with van der Waals surface area (Å²) in [7, 11) is 0. The summed E-state index contributed by atoms with van der Waals surface area (Å²) in [5, 5.41) is 5.28. The summed E-state index contributed by atoms with van der Waals surface area (Å²) in [4.78, 5) is 29.4. The zero-order valence-electron chi connectivity index (χ0n) is 22.1. The van der Waals surface area contributed by atoms with Gasteiger partial charge >= 0.3 is 0 Å². The number of carbonyl (C=O) groups excluding carboxylic acids is 2. The predicted octanol–water partition coefficient (Wildman–Crippen LogP) is 8.62. The summed E-state index contributed by atoms with van der Waals surface area (Å²) in [6, 6.07) is 19.7. The lowest BCUT2D eigenvalue weighted by Crippen LogP contribution is -2.53. The lowest BCUT2D eigenvalue weighted by atomic mass is 9.94. The number of carbonyl (C=O) groups is 2. The molecular weight excluding hydrogens is 606 g/mol. The molecule has 1 fully saturated rings. The minimum absolute atomic E-state index is 0.113. The second-order valence-corrected chi connectivity index (χ2v) is 12.6. The van der Waals surface area contributed by atoms with Crippen LogP contribution in [0.4, 0.5) is 0 Å². The normalized spacial score (nSPS) is 14.5. The molecule has 9 heteroatoms. The standard InChI is InChI=1S/C31H32Cl4N2O2S/c32-23-15-14-22(28(35)17-23)19-40-20-30(38)37(18-25-26(33)12-7-13-27(25)34)29(16-21-8-3-1-4-9-21)31(39)36-24-10-5-2-6-11-24/h1,3-4,7-9,12-15,17,24,29H,2,5-6,10-11,16,18-20H2,(H,36,39). The number of rotatable bonds is 11. The van der Waals surface area contributed by atoms with E-state index in [0.717, 1.165) is 36.8 Å². The average Bonchev–Trinajstić information content (AvgIpc) is 2.94. The molecule has 1 atom stereocenters. The van der Waals surface area contributed by atoms with Gasteiger partial charge in [0.15, 0.2) is 0 Å². The van der Waals surface area contributed by atoms with E-state index in [1.54, 1.807) is 35.2 Å². The second kappa shape index (κ2) is 15.4. The Morgan fingerprint density at radius 1 is 0.875 bits per heavy atom. The van der Waals surface area contributed by atoms with Gasteiger partial charge in [0.05, 0.1) is 5.75 Å². The van der Waals surface area contributed by atoms with Gasteiger partial charge in [-0.3, -0.25) is 9.59 Å². The third kappa shape index (κ3) is 8.80. The SMILES string of the molecule is O=C(NC1CCCCC1)C(Cc1ccccc1)N(Cc1c(Cl)cccc1Cl)C(=O)CSCc1ccc(Cl)cc1Cl. The Kier molecular flexibility index (Phi) is 11.9. The van der Waals surface area contributed by atoms with E-state index in [2.05, 4.69) is 5.32 Å². The highest BCUT2D eigenvalue weighted by molar-refractivity contribution is 7.99. The van der Waals surface area contributed by atoms with Crippen LogP contribution < -0.4 is 5.32 Å². The fourth-order valence-corrected chi connectivity index (χ4v) is 6.91. The summed E-state index contributed by atoms with van der Waals surface area (Å²) in [5.41, 5.74) is 2.48. The number of nitrogens with zero attached hydrogens (tertiary/aromatic N) is 1. The summed E-state index contributed by atoms with van der Waals surface area (Å²) in [5.74, 6) is 0.354. The molecule has 3 aromatic rings. The topological polar surface area (TPSA) is 49.4 Å². The van der Waals surface area contributed by atoms with Gasteiger partial charge in [0.1, 0.15) is 6.04 Å². The van der Waals surface area contributed by atoms with Gasteiger partial charge in [-0.2, -0.15) is 0 Å². The molecule has 0 heterocycles. The lowest BCUT2D eigenvalue weighted by molar-refractivity contribution is -0.139. The van der Waals surface area contributed by atoms with E-state index in [-0.39, 0.29) is 30.2 Å². The predicted molar refractivity (Wildman–Crippen MR) is 169 cm³/mol. The van der Waals surface area contributed by atoms with Crippen LogP contribution in [0.5, 0.6) is 0 Å². The zero-order valence-corrected chi connectivity index (χ0v) is 25.9. The van der Waals surface area contributed by atoms with Gasteiger partial charge in [-0.25, -0.2) is 0 Å². The van der Waals surface area contributed by atoms with Crippen LogP contribution in [-0.2, 0) is 28.3 Å². The zero-order chi connectivity index (χ0) is 28.5. The Bertz CT molecular complexity index is 1280. The largest absolute Gasteiger partial charge is 0.352 e. The Morgan fingerprint density at radius 2 is 1.57 bits per heavy atom. The molecule has 0 saturated heterocycles. The number of benzene rings is 3. The maximum Gasteiger partial charge on any atom is 0.243 e. The molecular formula is C31H32Cl4N2O2S. The third-order valence-electron chi connectivity index (χ3n) is 7.11. The molecule has 3 aromatic carbocycles. The Balaban J connectivity index is 1.60. The first kappa shape index (κ1) is 31.1. The molecule has 1 N–H and O–H groups in total. The van der Waals surface area contributed by atoms with Crippen molar-refractivity contribution in [2.45, 2.75) is 62.9 Å². The molecule has 0 aliphatic heterocycles. The molecule has 0 radical (unpaired) electrons. The van der Waals surface area contributed by atoms with Crippen molar-refractivity contribution in [2.24, 2.45) is 0 Å². The van der Waals surface area contributed by atoms with Crippen LogP contribution in [0.15, 0.2) is 66.7 Å². The first-order valence-electron chi connectivity index (χ1n) is 13.4. The van der Waals surface area contributed by atoms with Gasteiger partial charge < -0.3 is 10.2 Å². The van der Waals surface area contributed by atoms with E-state index in [1.165, 1.54) is 18.2 Å². The Labute approximate surface area is 260 Å². The molecule has 1 saturated carbocycles. The van der Waals surface area contributed by atoms with Gasteiger partial charge in [0.25, 0.3) is 0 Å². The molecule has 0 spiro atoms. The van der Waals surface area contributed by atoms with E-state index >= 15 is 0 Å². The van der Waals surface area contributed by atoms with Gasteiger partial charge in [-0.05, 0) is 48.2 Å². The van der Waals surface area contributed by atoms with Crippen LogP contribution in [0.3, 0.4) is 0 Å². The van der Waals surface area contributed by atoms with Crippen LogP contribution in [-0.4, -0.2) is 34.6 Å². The molecule has 1 aliphatic carbocycles. The average molecular weight is 638 g/mol. The monoisotopic (exact) mass is 636 g/mol. The molecule has 212 valence electrons. The van der Waals surface area contributed by atoms with Crippen LogP contribution >= 0.6 is 58.2 Å². The van der Waals surface area contributed by atoms with E-state index in [1.807, 2.05) is 36.4 Å². The molecule has 2 amide bonds. The lowest BCUT2D eigenvalue weighted by Gasteiger charge is -2.34. The van der Waals surface area contributed by atoms with Crippen molar-refractivity contribution in [1.29, 1.82) is 0 Å². The van der Waals surface area contributed by atoms with Gasteiger partial charge in [0.2, 0.25) is 11.8 Å². The number of thioether (sulfide) groups is 1. The summed E-state index contributed by atoms with van der Waals surface area (Å²) in [6.45, 7) is 0.120. The maximum absolute atomic E-state index is 13.9. The highest BCUT2D eigenvalue weighted by Crippen LogP contribution is 2.29. The quantitative estimate of drug-likeness (QED) is 0.229. The van der Waals surface area contributed by atoms with Crippen LogP contribution in [0, 0.1) is 0 Å². The van der Waals surface area contributed by atoms with E-state index < -0.39 is 6.04 Å². The minimum Gasteiger partial charge on any atom is -0.352 e. The summed E-state index contributed by atoms with van der Waals surface area (Å²) >= 11 is 26.9. The maximum atomic E-state index is 13.9. The fraction of sp³-hybridized carbons (Fsp3) is 0.355. The van der Waals surface area contributed by atoms with Crippen LogP contribution in [0.25, 0.3) is 0 Å². The molecule has 0 aromatic heterocycles. The van der Waals surface area contributed by atoms with Crippen molar-refractivity contribution in [3.05, 3.63) is 104 Å². The highest BCUT2D eigenvalue weighted by Gasteiger charge is 2.32. The molecule has 1 aliphatic rings. The first-order valence-corrected chi connectivity index (χ1v) is 16.1. The molecule has 4 rings (SSSR count). The molecule has 0 bridgehead atoms. The third-order valence-corrected chi connectivity index (χ3v) is 9.37. The molecule has 1 unspecified atom stereocenters. The number of hydrogen-bond acceptors (Lipinski definition) is 3. The number of nitrogens with one attached hydrogen (secondary N) is 1. The first-order chi connectivity index (χ1) is 19.3. The van der Waals surface area contributed by atoms with Crippen molar-refractivity contribution in [1.82, 2.24) is 10.2 Å². The van der Waals surface area contributed by atoms with Gasteiger partial charge in [-0.1, -0.05) is 108 Å². The minimum atomic E-state index is -0.733. The van der Waals surface area contributed by atoms with Gasteiger partial charge in [0, 0.05) is 50.4 Å². The summed E-state index contributed by atoms with van der Waals surface area (Å²) < 4.78 is 0. The van der Waals surface area contributed by atoms with Gasteiger partial charge in [-0.15, -0.1) is 11.8 Å². The fourth-order valence-electron chi connectivity index (χ4n) is 4.92. The number of hydrogen-bond donors (Lipinski definition) is 1. The molecule has 40 heavy (non-hydrogen) atoms. The van der Waals surface area contributed by atoms with Crippen molar-refractivity contribution in [3.8, 4) is 0 Å². The van der Waals surface area contributed by atoms with Crippen molar-refractivity contribution < 1.29 is 9.59 Å². The summed E-state index contributed by atoms with van der Waals surface area (Å²) in [6.07, 6.45) is 5.65. The van der Waals surface area contributed by atoms with Crippen molar-refractivity contribution in [2.75, 3.05) is 5.75 Å². The smallest absolute Gasteiger partial charge is 0.243 e. The number of halogens is 4. The van der Waals surface area contributed by atoms with E-state index in [0.29, 0.717) is 37.8 Å². The highest BCUT2D eigenvalue weighted by atomic mass is 35.5. The molecule has 4 nitrogen and oxygen atoms in total. The van der Waals surface area contributed by atoms with E-state index in [4.69, 9.17) is 46.4 Å².